The molecule has 0 aromatic heterocycles. The first kappa shape index (κ1) is 72.6. The van der Waals surface area contributed by atoms with Crippen molar-refractivity contribution >= 4 is 17.9 Å². The summed E-state index contributed by atoms with van der Waals surface area (Å²) in [4.78, 5) is 38.2. The van der Waals surface area contributed by atoms with Crippen molar-refractivity contribution in [1.29, 1.82) is 0 Å². The molecule has 6 heteroatoms. The molecule has 0 amide bonds. The lowest BCUT2D eigenvalue weighted by atomic mass is 10.0. The smallest absolute Gasteiger partial charge is 0.306 e. The van der Waals surface area contributed by atoms with E-state index in [1.807, 2.05) is 0 Å². The molecule has 0 fully saturated rings. The molecule has 1 atom stereocenters. The summed E-state index contributed by atoms with van der Waals surface area (Å²) < 4.78 is 16.9. The summed E-state index contributed by atoms with van der Waals surface area (Å²) in [5.74, 6) is -0.870. The molecule has 0 aliphatic carbocycles. The summed E-state index contributed by atoms with van der Waals surface area (Å²) in [7, 11) is 0. The highest BCUT2D eigenvalue weighted by molar-refractivity contribution is 5.71. The van der Waals surface area contributed by atoms with E-state index in [9.17, 15) is 14.4 Å². The van der Waals surface area contributed by atoms with E-state index in [1.165, 1.54) is 186 Å². The second kappa shape index (κ2) is 64.1. The molecule has 0 aliphatic rings. The van der Waals surface area contributed by atoms with E-state index < -0.39 is 6.10 Å². The third-order valence-corrected chi connectivity index (χ3v) is 14.1. The highest BCUT2D eigenvalue weighted by Gasteiger charge is 2.19. The van der Waals surface area contributed by atoms with Crippen LogP contribution < -0.4 is 0 Å². The predicted octanol–water partition coefficient (Wildman–Crippen LogP) is 22.3. The van der Waals surface area contributed by atoms with Crippen molar-refractivity contribution in [3.63, 3.8) is 0 Å². The van der Waals surface area contributed by atoms with Crippen molar-refractivity contribution in [3.8, 4) is 0 Å². The monoisotopic (exact) mass is 1060 g/mol. The van der Waals surface area contributed by atoms with E-state index in [0.717, 1.165) is 96.3 Å². The van der Waals surface area contributed by atoms with Gasteiger partial charge in [0.15, 0.2) is 6.10 Å². The Morgan fingerprint density at radius 1 is 0.276 bits per heavy atom. The van der Waals surface area contributed by atoms with Crippen molar-refractivity contribution in [2.45, 2.75) is 329 Å². The zero-order valence-corrected chi connectivity index (χ0v) is 50.3. The SMILES string of the molecule is CC/C=C\C/C=C\C/C=C\C/C=C\C/C=C\C/C=C\CCCCCCCCCCCCC(=O)OCC(COC(=O)CCCCCCCCCCCC)OC(=O)CCCCCCCCCCC/C=C\CCCCCCCC. The van der Waals surface area contributed by atoms with Crippen LogP contribution in [0.3, 0.4) is 0 Å². The van der Waals surface area contributed by atoms with Crippen molar-refractivity contribution in [2.24, 2.45) is 0 Å². The summed E-state index contributed by atoms with van der Waals surface area (Å²) in [5, 5.41) is 0. The van der Waals surface area contributed by atoms with Gasteiger partial charge in [-0.05, 0) is 96.3 Å². The van der Waals surface area contributed by atoms with Crippen LogP contribution in [-0.4, -0.2) is 37.2 Å². The van der Waals surface area contributed by atoms with Crippen LogP contribution in [0.1, 0.15) is 323 Å². The molecule has 76 heavy (non-hydrogen) atoms. The number of carbonyl (C=O) groups is 3. The van der Waals surface area contributed by atoms with Crippen molar-refractivity contribution in [1.82, 2.24) is 0 Å². The number of ether oxygens (including phenoxy) is 3. The van der Waals surface area contributed by atoms with Gasteiger partial charge in [-0.2, -0.15) is 0 Å². The van der Waals surface area contributed by atoms with Crippen LogP contribution in [0.4, 0.5) is 0 Å². The number of carbonyl (C=O) groups excluding carboxylic acids is 3. The van der Waals surface area contributed by atoms with Gasteiger partial charge < -0.3 is 14.2 Å². The molecule has 0 N–H and O–H groups in total. The molecular weight excluding hydrogens is 937 g/mol. The van der Waals surface area contributed by atoms with Gasteiger partial charge in [0.25, 0.3) is 0 Å². The van der Waals surface area contributed by atoms with Crippen LogP contribution in [0.25, 0.3) is 0 Å². The lowest BCUT2D eigenvalue weighted by molar-refractivity contribution is -0.167. The number of hydrogen-bond acceptors (Lipinski definition) is 6. The van der Waals surface area contributed by atoms with Crippen molar-refractivity contribution in [3.05, 3.63) is 85.1 Å². The van der Waals surface area contributed by atoms with Gasteiger partial charge in [0.1, 0.15) is 13.2 Å². The van der Waals surface area contributed by atoms with Crippen LogP contribution in [0, 0.1) is 0 Å². The molecule has 0 spiro atoms. The summed E-state index contributed by atoms with van der Waals surface area (Å²) in [6.45, 7) is 6.54. The maximum absolute atomic E-state index is 12.9. The Hall–Kier alpha value is -3.41. The molecule has 0 rings (SSSR count). The molecule has 0 aromatic carbocycles. The fourth-order valence-corrected chi connectivity index (χ4v) is 9.27. The summed E-state index contributed by atoms with van der Waals surface area (Å²) >= 11 is 0. The van der Waals surface area contributed by atoms with Crippen LogP contribution in [-0.2, 0) is 28.6 Å². The van der Waals surface area contributed by atoms with Gasteiger partial charge in [-0.25, -0.2) is 0 Å². The third kappa shape index (κ3) is 61.4. The Kier molecular flexibility index (Phi) is 61.2. The second-order valence-corrected chi connectivity index (χ2v) is 21.6. The molecule has 0 saturated heterocycles. The lowest BCUT2D eigenvalue weighted by Gasteiger charge is -2.18. The van der Waals surface area contributed by atoms with Crippen molar-refractivity contribution in [2.75, 3.05) is 13.2 Å². The largest absolute Gasteiger partial charge is 0.462 e. The zero-order chi connectivity index (χ0) is 55.0. The normalized spacial score (nSPS) is 12.6. The molecular formula is C70H122O6. The topological polar surface area (TPSA) is 78.9 Å². The van der Waals surface area contributed by atoms with Gasteiger partial charge in [-0.3, -0.25) is 14.4 Å². The molecule has 0 aliphatic heterocycles. The summed E-state index contributed by atoms with van der Waals surface area (Å²) in [6, 6.07) is 0. The first-order valence-electron chi connectivity index (χ1n) is 32.6. The van der Waals surface area contributed by atoms with Gasteiger partial charge in [0, 0.05) is 19.3 Å². The molecule has 0 aromatic rings. The van der Waals surface area contributed by atoms with E-state index in [-0.39, 0.29) is 31.1 Å². The number of hydrogen-bond donors (Lipinski definition) is 0. The summed E-state index contributed by atoms with van der Waals surface area (Å²) in [5.41, 5.74) is 0. The molecule has 6 nitrogen and oxygen atoms in total. The Bertz CT molecular complexity index is 1450. The number of allylic oxidation sites excluding steroid dienone is 14. The molecule has 0 radical (unpaired) electrons. The Morgan fingerprint density at radius 2 is 0.513 bits per heavy atom. The second-order valence-electron chi connectivity index (χ2n) is 21.6. The highest BCUT2D eigenvalue weighted by Crippen LogP contribution is 2.16. The molecule has 0 saturated carbocycles. The minimum absolute atomic E-state index is 0.0748. The predicted molar refractivity (Wildman–Crippen MR) is 330 cm³/mol. The molecule has 438 valence electrons. The maximum Gasteiger partial charge on any atom is 0.306 e. The molecule has 0 heterocycles. The van der Waals surface area contributed by atoms with Crippen LogP contribution in [0.2, 0.25) is 0 Å². The maximum atomic E-state index is 12.9. The molecule has 0 bridgehead atoms. The average molecular weight is 1060 g/mol. The number of esters is 3. The van der Waals surface area contributed by atoms with E-state index in [0.29, 0.717) is 19.3 Å². The van der Waals surface area contributed by atoms with Gasteiger partial charge in [0.05, 0.1) is 0 Å². The first-order chi connectivity index (χ1) is 37.5. The Labute approximate surface area is 471 Å². The minimum Gasteiger partial charge on any atom is -0.462 e. The van der Waals surface area contributed by atoms with E-state index in [1.54, 1.807) is 0 Å². The van der Waals surface area contributed by atoms with Gasteiger partial charge >= 0.3 is 17.9 Å². The quantitative estimate of drug-likeness (QED) is 0.0261. The standard InChI is InChI=1S/C70H122O6/c1-4-7-10-13-16-19-22-24-26-28-30-31-32-33-34-35-36-37-38-39-41-42-44-46-48-51-54-57-60-63-69(72)75-66-67(65-74-68(71)62-59-56-53-50-21-18-15-12-9-6-3)76-70(73)64-61-58-55-52-49-47-45-43-40-29-27-25-23-20-17-14-11-8-5-2/h7,10,16,19,24-27,30-31,33-34,36-37,67H,4-6,8-9,11-15,17-18,20-23,28-29,32,35,38-66H2,1-3H3/b10-7-,19-16-,26-24-,27-25-,31-30-,34-33-,37-36-. The fraction of sp³-hybridized carbons (Fsp3) is 0.757. The molecule has 1 unspecified atom stereocenters. The minimum atomic E-state index is -0.777. The van der Waals surface area contributed by atoms with Crippen LogP contribution >= 0.6 is 0 Å². The number of unbranched alkanes of at least 4 members (excludes halogenated alkanes) is 34. The number of rotatable bonds is 59. The first-order valence-corrected chi connectivity index (χ1v) is 32.6. The van der Waals surface area contributed by atoms with Gasteiger partial charge in [-0.15, -0.1) is 0 Å². The van der Waals surface area contributed by atoms with Crippen molar-refractivity contribution < 1.29 is 28.6 Å². The highest BCUT2D eigenvalue weighted by atomic mass is 16.6. The third-order valence-electron chi connectivity index (χ3n) is 14.1. The van der Waals surface area contributed by atoms with Crippen LogP contribution in [0.15, 0.2) is 85.1 Å². The average Bonchev–Trinajstić information content (AvgIpc) is 3.42. The van der Waals surface area contributed by atoms with E-state index >= 15 is 0 Å². The van der Waals surface area contributed by atoms with E-state index in [4.69, 9.17) is 14.2 Å². The Morgan fingerprint density at radius 3 is 0.816 bits per heavy atom. The Balaban J connectivity index is 4.22. The summed E-state index contributed by atoms with van der Waals surface area (Å²) in [6.07, 6.45) is 84.5. The van der Waals surface area contributed by atoms with Gasteiger partial charge in [-0.1, -0.05) is 292 Å². The van der Waals surface area contributed by atoms with Gasteiger partial charge in [0.2, 0.25) is 0 Å². The lowest BCUT2D eigenvalue weighted by Crippen LogP contribution is -2.30. The van der Waals surface area contributed by atoms with E-state index in [2.05, 4.69) is 106 Å². The zero-order valence-electron chi connectivity index (χ0n) is 50.3. The fourth-order valence-electron chi connectivity index (χ4n) is 9.27. The van der Waals surface area contributed by atoms with Crippen LogP contribution in [0.5, 0.6) is 0 Å².